The lowest BCUT2D eigenvalue weighted by molar-refractivity contribution is -0.135. The second-order valence-electron chi connectivity index (χ2n) is 5.81. The van der Waals surface area contributed by atoms with Crippen molar-refractivity contribution in [2.45, 2.75) is 30.1 Å². The summed E-state index contributed by atoms with van der Waals surface area (Å²) in [4.78, 5) is 30.2. The number of likely N-dealkylation sites (tertiary alicyclic amines) is 1. The van der Waals surface area contributed by atoms with E-state index in [4.69, 9.17) is 5.73 Å². The average molecular weight is 349 g/mol. The highest BCUT2D eigenvalue weighted by atomic mass is 32.2. The minimum absolute atomic E-state index is 0.0488. The van der Waals surface area contributed by atoms with Crippen molar-refractivity contribution in [3.63, 3.8) is 0 Å². The van der Waals surface area contributed by atoms with Crippen molar-refractivity contribution < 1.29 is 9.59 Å². The zero-order valence-electron chi connectivity index (χ0n) is 12.9. The third kappa shape index (κ3) is 3.67. The number of primary amides is 1. The fraction of sp³-hybridized carbons (Fsp3) is 0.438. The third-order valence-electron chi connectivity index (χ3n) is 4.20. The molecule has 0 saturated carbocycles. The van der Waals surface area contributed by atoms with Gasteiger partial charge in [-0.1, -0.05) is 23.9 Å². The Labute approximate surface area is 143 Å². The predicted molar refractivity (Wildman–Crippen MR) is 93.4 cm³/mol. The number of hydrogen-bond acceptors (Lipinski definition) is 5. The Balaban J connectivity index is 1.62. The Morgan fingerprint density at radius 2 is 2.17 bits per heavy atom. The van der Waals surface area contributed by atoms with Crippen LogP contribution in [0.4, 0.5) is 0 Å². The van der Waals surface area contributed by atoms with Gasteiger partial charge in [0, 0.05) is 12.6 Å². The molecule has 1 aromatic carbocycles. The summed E-state index contributed by atoms with van der Waals surface area (Å²) in [5, 5.41) is 0. The van der Waals surface area contributed by atoms with Crippen LogP contribution in [-0.4, -0.2) is 40.0 Å². The van der Waals surface area contributed by atoms with Gasteiger partial charge in [0.1, 0.15) is 0 Å². The molecular weight excluding hydrogens is 330 g/mol. The standard InChI is InChI=1S/C16H19N3O2S2/c1-10-6-7-11(15(17)21)8-19(10)14(20)9-22-16-18-12-4-2-3-5-13(12)23-16/h2-5,10-11H,6-9H2,1H3,(H2,17,21). The van der Waals surface area contributed by atoms with Crippen LogP contribution in [0.2, 0.25) is 0 Å². The Bertz CT molecular complexity index is 698. The molecule has 23 heavy (non-hydrogen) atoms. The number of thioether (sulfide) groups is 1. The van der Waals surface area contributed by atoms with Gasteiger partial charge in [-0.2, -0.15) is 0 Å². The second kappa shape index (κ2) is 6.88. The largest absolute Gasteiger partial charge is 0.369 e. The summed E-state index contributed by atoms with van der Waals surface area (Å²) in [7, 11) is 0. The molecule has 1 aliphatic rings. The van der Waals surface area contributed by atoms with E-state index < -0.39 is 0 Å². The lowest BCUT2D eigenvalue weighted by Crippen LogP contribution is -2.49. The number of hydrogen-bond donors (Lipinski definition) is 1. The number of nitrogens with zero attached hydrogens (tertiary/aromatic N) is 2. The molecule has 122 valence electrons. The van der Waals surface area contributed by atoms with Crippen LogP contribution in [0.25, 0.3) is 10.2 Å². The van der Waals surface area contributed by atoms with Gasteiger partial charge in [-0.25, -0.2) is 4.98 Å². The first-order valence-electron chi connectivity index (χ1n) is 7.61. The van der Waals surface area contributed by atoms with Gasteiger partial charge in [0.2, 0.25) is 11.8 Å². The van der Waals surface area contributed by atoms with Crippen molar-refractivity contribution in [3.05, 3.63) is 24.3 Å². The van der Waals surface area contributed by atoms with Gasteiger partial charge >= 0.3 is 0 Å². The smallest absolute Gasteiger partial charge is 0.233 e. The van der Waals surface area contributed by atoms with E-state index in [0.717, 1.165) is 27.4 Å². The van der Waals surface area contributed by atoms with Crippen LogP contribution in [0.1, 0.15) is 19.8 Å². The molecule has 2 amide bonds. The number of rotatable bonds is 4. The van der Waals surface area contributed by atoms with Crippen LogP contribution in [0.15, 0.2) is 28.6 Å². The maximum absolute atomic E-state index is 12.5. The van der Waals surface area contributed by atoms with Crippen LogP contribution in [0.5, 0.6) is 0 Å². The number of nitrogens with two attached hydrogens (primary N) is 1. The lowest BCUT2D eigenvalue weighted by atomic mass is 9.93. The van der Waals surface area contributed by atoms with E-state index in [0.29, 0.717) is 12.3 Å². The van der Waals surface area contributed by atoms with E-state index in [1.807, 2.05) is 31.2 Å². The van der Waals surface area contributed by atoms with Crippen LogP contribution in [0.3, 0.4) is 0 Å². The van der Waals surface area contributed by atoms with Gasteiger partial charge in [-0.05, 0) is 31.9 Å². The summed E-state index contributed by atoms with van der Waals surface area (Å²) in [6.07, 6.45) is 1.59. The van der Waals surface area contributed by atoms with Crippen molar-refractivity contribution >= 4 is 45.1 Å². The summed E-state index contributed by atoms with van der Waals surface area (Å²) in [5.74, 6) is -0.140. The Morgan fingerprint density at radius 1 is 1.39 bits per heavy atom. The summed E-state index contributed by atoms with van der Waals surface area (Å²) < 4.78 is 2.03. The molecule has 2 atom stereocenters. The van der Waals surface area contributed by atoms with Gasteiger partial charge in [0.25, 0.3) is 0 Å². The molecule has 5 nitrogen and oxygen atoms in total. The zero-order chi connectivity index (χ0) is 16.4. The number of aromatic nitrogens is 1. The highest BCUT2D eigenvalue weighted by molar-refractivity contribution is 8.01. The van der Waals surface area contributed by atoms with Crippen molar-refractivity contribution in [1.29, 1.82) is 0 Å². The molecule has 1 saturated heterocycles. The first-order valence-corrected chi connectivity index (χ1v) is 9.42. The fourth-order valence-corrected chi connectivity index (χ4v) is 4.76. The van der Waals surface area contributed by atoms with Gasteiger partial charge in [-0.15, -0.1) is 11.3 Å². The highest BCUT2D eigenvalue weighted by Gasteiger charge is 2.31. The summed E-state index contributed by atoms with van der Waals surface area (Å²) in [5.41, 5.74) is 6.36. The minimum atomic E-state index is -0.312. The van der Waals surface area contributed by atoms with Gasteiger partial charge in [0.15, 0.2) is 4.34 Å². The molecule has 1 fully saturated rings. The first kappa shape index (κ1) is 16.3. The van der Waals surface area contributed by atoms with Gasteiger partial charge in [0.05, 0.1) is 21.9 Å². The molecule has 2 heterocycles. The van der Waals surface area contributed by atoms with Crippen molar-refractivity contribution in [1.82, 2.24) is 9.88 Å². The van der Waals surface area contributed by atoms with E-state index in [1.54, 1.807) is 16.2 Å². The fourth-order valence-electron chi connectivity index (χ4n) is 2.81. The maximum atomic E-state index is 12.5. The van der Waals surface area contributed by atoms with E-state index in [9.17, 15) is 9.59 Å². The molecule has 1 aromatic heterocycles. The van der Waals surface area contributed by atoms with Gasteiger partial charge < -0.3 is 10.6 Å². The SMILES string of the molecule is CC1CCC(C(N)=O)CN1C(=O)CSc1nc2ccccc2s1. The topological polar surface area (TPSA) is 76.3 Å². The third-order valence-corrected chi connectivity index (χ3v) is 6.36. The van der Waals surface area contributed by atoms with E-state index in [1.165, 1.54) is 11.8 Å². The molecule has 0 bridgehead atoms. The Kier molecular flexibility index (Phi) is 4.87. The van der Waals surface area contributed by atoms with Crippen LogP contribution < -0.4 is 5.73 Å². The molecule has 0 spiro atoms. The maximum Gasteiger partial charge on any atom is 0.233 e. The van der Waals surface area contributed by atoms with Crippen molar-refractivity contribution in [2.75, 3.05) is 12.3 Å². The highest BCUT2D eigenvalue weighted by Crippen LogP contribution is 2.30. The Hall–Kier alpha value is -1.60. The van der Waals surface area contributed by atoms with Crippen molar-refractivity contribution in [2.24, 2.45) is 11.7 Å². The molecule has 2 N–H and O–H groups in total. The van der Waals surface area contributed by atoms with Crippen molar-refractivity contribution in [3.8, 4) is 0 Å². The van der Waals surface area contributed by atoms with Crippen LogP contribution in [-0.2, 0) is 9.59 Å². The average Bonchev–Trinajstić information content (AvgIpc) is 2.95. The monoisotopic (exact) mass is 349 g/mol. The van der Waals surface area contributed by atoms with Gasteiger partial charge in [-0.3, -0.25) is 9.59 Å². The van der Waals surface area contributed by atoms with Crippen LogP contribution in [0, 0.1) is 5.92 Å². The summed E-state index contributed by atoms with van der Waals surface area (Å²) in [6, 6.07) is 8.11. The second-order valence-corrected chi connectivity index (χ2v) is 8.06. The van der Waals surface area contributed by atoms with E-state index in [2.05, 4.69) is 4.98 Å². The number of carbonyl (C=O) groups is 2. The quantitative estimate of drug-likeness (QED) is 0.861. The van der Waals surface area contributed by atoms with Crippen LogP contribution >= 0.6 is 23.1 Å². The number of fused-ring (bicyclic) bond motifs is 1. The number of thiazole rings is 1. The molecule has 0 radical (unpaired) electrons. The van der Waals surface area contributed by atoms with E-state index >= 15 is 0 Å². The normalized spacial score (nSPS) is 21.5. The summed E-state index contributed by atoms with van der Waals surface area (Å²) >= 11 is 3.06. The number of benzene rings is 1. The number of carbonyl (C=O) groups excluding carboxylic acids is 2. The predicted octanol–water partition coefficient (Wildman–Crippen LogP) is 2.50. The number of para-hydroxylation sites is 1. The minimum Gasteiger partial charge on any atom is -0.369 e. The molecule has 3 rings (SSSR count). The molecule has 1 aliphatic heterocycles. The lowest BCUT2D eigenvalue weighted by Gasteiger charge is -2.36. The first-order chi connectivity index (χ1) is 11.0. The number of amides is 2. The molecule has 7 heteroatoms. The molecular formula is C16H19N3O2S2. The zero-order valence-corrected chi connectivity index (χ0v) is 14.5. The van der Waals surface area contributed by atoms with E-state index in [-0.39, 0.29) is 23.8 Å². The molecule has 2 unspecified atom stereocenters. The Morgan fingerprint density at radius 3 is 2.91 bits per heavy atom. The molecule has 0 aliphatic carbocycles. The molecule has 2 aromatic rings. The number of piperidine rings is 1. The summed E-state index contributed by atoms with van der Waals surface area (Å²) in [6.45, 7) is 2.47.